The summed E-state index contributed by atoms with van der Waals surface area (Å²) in [5, 5.41) is 0. The van der Waals surface area contributed by atoms with Gasteiger partial charge in [0.05, 0.1) is 18.5 Å². The van der Waals surface area contributed by atoms with Crippen LogP contribution in [0.2, 0.25) is 0 Å². The van der Waals surface area contributed by atoms with Crippen LogP contribution in [0.15, 0.2) is 109 Å². The van der Waals surface area contributed by atoms with Crippen molar-refractivity contribution >= 4 is 0 Å². The van der Waals surface area contributed by atoms with E-state index in [1.54, 1.807) is 7.11 Å². The molecule has 0 saturated heterocycles. The summed E-state index contributed by atoms with van der Waals surface area (Å²) in [5.41, 5.74) is 6.99. The second-order valence-electron chi connectivity index (χ2n) is 11.3. The fourth-order valence-corrected chi connectivity index (χ4v) is 5.57. The summed E-state index contributed by atoms with van der Waals surface area (Å²) in [5.74, 6) is 2.57. The molecule has 44 heavy (non-hydrogen) atoms. The molecular formula is C39H45N3O2. The lowest BCUT2D eigenvalue weighted by atomic mass is 10.1. The molecule has 1 heterocycles. The SMILES string of the molecule is CCCCN(Cc1ccc(OC)c(OCc2ccccc2)c1)Cc1c(-c2ccccc2)nc(-c2ccccc2)n1CCCC. The molecule has 1 aromatic heterocycles. The lowest BCUT2D eigenvalue weighted by molar-refractivity contribution is 0.244. The van der Waals surface area contributed by atoms with E-state index in [0.29, 0.717) is 6.61 Å². The smallest absolute Gasteiger partial charge is 0.161 e. The maximum atomic E-state index is 6.27. The van der Waals surface area contributed by atoms with Gasteiger partial charge in [0.15, 0.2) is 11.5 Å². The Hall–Kier alpha value is -4.35. The Balaban J connectivity index is 1.49. The molecule has 0 unspecified atom stereocenters. The number of nitrogens with zero attached hydrogens (tertiary/aromatic N) is 3. The molecule has 0 bridgehead atoms. The average Bonchev–Trinajstić information content (AvgIpc) is 3.44. The highest BCUT2D eigenvalue weighted by Crippen LogP contribution is 2.33. The number of benzene rings is 4. The first-order valence-corrected chi connectivity index (χ1v) is 16.0. The van der Waals surface area contributed by atoms with Crippen molar-refractivity contribution in [2.75, 3.05) is 13.7 Å². The minimum atomic E-state index is 0.500. The highest BCUT2D eigenvalue weighted by molar-refractivity contribution is 5.68. The molecule has 5 nitrogen and oxygen atoms in total. The Labute approximate surface area is 263 Å². The highest BCUT2D eigenvalue weighted by atomic mass is 16.5. The molecular weight excluding hydrogens is 542 g/mol. The second-order valence-corrected chi connectivity index (χ2v) is 11.3. The normalized spacial score (nSPS) is 11.2. The molecule has 0 atom stereocenters. The number of rotatable bonds is 16. The van der Waals surface area contributed by atoms with Gasteiger partial charge in [-0.25, -0.2) is 4.98 Å². The number of imidazole rings is 1. The Morgan fingerprint density at radius 2 is 1.34 bits per heavy atom. The molecule has 4 aromatic carbocycles. The Morgan fingerprint density at radius 1 is 0.682 bits per heavy atom. The van der Waals surface area contributed by atoms with Gasteiger partial charge in [0, 0.05) is 30.8 Å². The summed E-state index contributed by atoms with van der Waals surface area (Å²) >= 11 is 0. The number of ether oxygens (including phenoxy) is 2. The number of methoxy groups -OCH3 is 1. The summed E-state index contributed by atoms with van der Waals surface area (Å²) in [4.78, 5) is 7.90. The van der Waals surface area contributed by atoms with E-state index in [0.717, 1.165) is 91.6 Å². The van der Waals surface area contributed by atoms with Crippen molar-refractivity contribution in [2.45, 2.75) is 65.8 Å². The third kappa shape index (κ3) is 7.97. The molecule has 0 fully saturated rings. The third-order valence-corrected chi connectivity index (χ3v) is 7.96. The van der Waals surface area contributed by atoms with Gasteiger partial charge in [-0.2, -0.15) is 0 Å². The molecule has 0 aliphatic carbocycles. The predicted octanol–water partition coefficient (Wildman–Crippen LogP) is 9.41. The molecule has 0 spiro atoms. The zero-order chi connectivity index (χ0) is 30.6. The van der Waals surface area contributed by atoms with E-state index in [9.17, 15) is 0 Å². The van der Waals surface area contributed by atoms with Crippen LogP contribution >= 0.6 is 0 Å². The predicted molar refractivity (Wildman–Crippen MR) is 181 cm³/mol. The minimum Gasteiger partial charge on any atom is -0.493 e. The van der Waals surface area contributed by atoms with Crippen LogP contribution in [0, 0.1) is 0 Å². The summed E-state index contributed by atoms with van der Waals surface area (Å²) in [7, 11) is 1.70. The molecule has 5 rings (SSSR count). The highest BCUT2D eigenvalue weighted by Gasteiger charge is 2.22. The van der Waals surface area contributed by atoms with E-state index >= 15 is 0 Å². The van der Waals surface area contributed by atoms with Gasteiger partial charge >= 0.3 is 0 Å². The first kappa shape index (κ1) is 31.1. The second kappa shape index (κ2) is 15.9. The van der Waals surface area contributed by atoms with E-state index in [1.165, 1.54) is 11.3 Å². The van der Waals surface area contributed by atoms with Gasteiger partial charge < -0.3 is 14.0 Å². The van der Waals surface area contributed by atoms with Crippen molar-refractivity contribution in [3.63, 3.8) is 0 Å². The summed E-state index contributed by atoms with van der Waals surface area (Å²) in [6.07, 6.45) is 4.50. The fraction of sp³-hybridized carbons (Fsp3) is 0.308. The van der Waals surface area contributed by atoms with Crippen LogP contribution < -0.4 is 9.47 Å². The summed E-state index contributed by atoms with van der Waals surface area (Å²) in [6, 6.07) is 37.9. The van der Waals surface area contributed by atoms with Crippen molar-refractivity contribution < 1.29 is 9.47 Å². The Morgan fingerprint density at radius 3 is 2.00 bits per heavy atom. The lowest BCUT2D eigenvalue weighted by Crippen LogP contribution is -2.26. The molecule has 5 aromatic rings. The van der Waals surface area contributed by atoms with E-state index in [1.807, 2.05) is 24.3 Å². The van der Waals surface area contributed by atoms with Crippen LogP contribution in [0.5, 0.6) is 11.5 Å². The van der Waals surface area contributed by atoms with Crippen molar-refractivity contribution in [1.29, 1.82) is 0 Å². The van der Waals surface area contributed by atoms with Crippen molar-refractivity contribution in [3.05, 3.63) is 126 Å². The maximum Gasteiger partial charge on any atom is 0.161 e. The van der Waals surface area contributed by atoms with Gasteiger partial charge in [0.25, 0.3) is 0 Å². The zero-order valence-corrected chi connectivity index (χ0v) is 26.4. The standard InChI is InChI=1S/C39H45N3O2/c1-4-6-25-41(28-32-23-24-36(43-3)37(27-32)44-30-31-17-11-8-12-18-31)29-35-38(33-19-13-9-14-20-33)40-39(42(35)26-7-5-2)34-21-15-10-16-22-34/h8-24,27H,4-7,25-26,28-30H2,1-3H3. The van der Waals surface area contributed by atoms with E-state index in [-0.39, 0.29) is 0 Å². The van der Waals surface area contributed by atoms with Gasteiger partial charge in [0.1, 0.15) is 12.4 Å². The fourth-order valence-electron chi connectivity index (χ4n) is 5.57. The molecule has 0 amide bonds. The molecule has 5 heteroatoms. The topological polar surface area (TPSA) is 39.5 Å². The number of aromatic nitrogens is 2. The van der Waals surface area contributed by atoms with Crippen LogP contribution in [0.4, 0.5) is 0 Å². The van der Waals surface area contributed by atoms with Crippen molar-refractivity contribution in [1.82, 2.24) is 14.5 Å². The van der Waals surface area contributed by atoms with Gasteiger partial charge in [-0.05, 0) is 42.6 Å². The molecule has 0 aliphatic heterocycles. The van der Waals surface area contributed by atoms with Crippen LogP contribution in [0.1, 0.15) is 56.4 Å². The minimum absolute atomic E-state index is 0.500. The number of unbranched alkanes of at least 4 members (excludes halogenated alkanes) is 2. The van der Waals surface area contributed by atoms with Crippen molar-refractivity contribution in [2.24, 2.45) is 0 Å². The largest absolute Gasteiger partial charge is 0.493 e. The van der Waals surface area contributed by atoms with E-state index in [4.69, 9.17) is 14.5 Å². The van der Waals surface area contributed by atoms with Crippen molar-refractivity contribution in [3.8, 4) is 34.1 Å². The van der Waals surface area contributed by atoms with Gasteiger partial charge in [0.2, 0.25) is 0 Å². The number of hydrogen-bond acceptors (Lipinski definition) is 4. The first-order valence-electron chi connectivity index (χ1n) is 16.0. The van der Waals surface area contributed by atoms with Crippen LogP contribution in [-0.4, -0.2) is 28.1 Å². The summed E-state index contributed by atoms with van der Waals surface area (Å²) in [6.45, 7) is 8.56. The maximum absolute atomic E-state index is 6.27. The Bertz CT molecular complexity index is 1570. The molecule has 0 N–H and O–H groups in total. The quantitative estimate of drug-likeness (QED) is 0.115. The van der Waals surface area contributed by atoms with Crippen LogP contribution in [0.3, 0.4) is 0 Å². The lowest BCUT2D eigenvalue weighted by Gasteiger charge is -2.25. The van der Waals surface area contributed by atoms with Crippen LogP contribution in [-0.2, 0) is 26.2 Å². The van der Waals surface area contributed by atoms with Gasteiger partial charge in [-0.1, -0.05) is 124 Å². The Kier molecular flexibility index (Phi) is 11.3. The zero-order valence-electron chi connectivity index (χ0n) is 26.4. The van der Waals surface area contributed by atoms with E-state index < -0.39 is 0 Å². The molecule has 228 valence electrons. The first-order chi connectivity index (χ1) is 21.7. The van der Waals surface area contributed by atoms with E-state index in [2.05, 4.69) is 108 Å². The third-order valence-electron chi connectivity index (χ3n) is 7.96. The summed E-state index contributed by atoms with van der Waals surface area (Å²) < 4.78 is 14.4. The monoisotopic (exact) mass is 587 g/mol. The molecule has 0 aliphatic rings. The number of hydrogen-bond donors (Lipinski definition) is 0. The average molecular weight is 588 g/mol. The van der Waals surface area contributed by atoms with Gasteiger partial charge in [-0.3, -0.25) is 4.90 Å². The molecule has 0 radical (unpaired) electrons. The van der Waals surface area contributed by atoms with Gasteiger partial charge in [-0.15, -0.1) is 0 Å². The molecule has 0 saturated carbocycles. The van der Waals surface area contributed by atoms with Crippen LogP contribution in [0.25, 0.3) is 22.6 Å².